The number of carbonyl (C=O) groups is 1. The second-order valence-corrected chi connectivity index (χ2v) is 5.37. The Bertz CT molecular complexity index is 912. The van der Waals surface area contributed by atoms with Gasteiger partial charge in [0.15, 0.2) is 5.82 Å². The van der Waals surface area contributed by atoms with Gasteiger partial charge in [0.05, 0.1) is 17.8 Å². The van der Waals surface area contributed by atoms with E-state index in [0.717, 1.165) is 16.8 Å². The van der Waals surface area contributed by atoms with Crippen molar-refractivity contribution in [3.63, 3.8) is 0 Å². The molecule has 0 aliphatic heterocycles. The molecule has 1 N–H and O–H groups in total. The third-order valence-corrected chi connectivity index (χ3v) is 3.51. The third kappa shape index (κ3) is 3.11. The summed E-state index contributed by atoms with van der Waals surface area (Å²) in [5.41, 5.74) is 3.91. The van der Waals surface area contributed by atoms with Gasteiger partial charge in [-0.2, -0.15) is 0 Å². The smallest absolute Gasteiger partial charge is 0.309 e. The molecule has 0 spiro atoms. The van der Waals surface area contributed by atoms with Gasteiger partial charge in [0.1, 0.15) is 5.65 Å². The summed E-state index contributed by atoms with van der Waals surface area (Å²) in [6.45, 7) is 3.95. The minimum absolute atomic E-state index is 0.192. The van der Waals surface area contributed by atoms with Crippen LogP contribution in [0.5, 0.6) is 0 Å². The van der Waals surface area contributed by atoms with Crippen LogP contribution < -0.4 is 0 Å². The van der Waals surface area contributed by atoms with Crippen LogP contribution in [0.15, 0.2) is 52.8 Å². The van der Waals surface area contributed by atoms with Gasteiger partial charge in [-0.25, -0.2) is 4.98 Å². The molecule has 3 aromatic rings. The van der Waals surface area contributed by atoms with Crippen LogP contribution in [-0.2, 0) is 11.2 Å². The van der Waals surface area contributed by atoms with Gasteiger partial charge in [-0.05, 0) is 43.2 Å². The highest BCUT2D eigenvalue weighted by Crippen LogP contribution is 2.26. The van der Waals surface area contributed by atoms with E-state index in [1.165, 1.54) is 0 Å². The van der Waals surface area contributed by atoms with E-state index in [9.17, 15) is 4.79 Å². The van der Waals surface area contributed by atoms with Crippen molar-refractivity contribution in [2.75, 3.05) is 0 Å². The van der Waals surface area contributed by atoms with Gasteiger partial charge < -0.3 is 5.11 Å². The highest BCUT2D eigenvalue weighted by atomic mass is 16.4. The number of carboxylic acids is 1. The number of rotatable bonds is 4. The zero-order valence-corrected chi connectivity index (χ0v) is 12.9. The van der Waals surface area contributed by atoms with Crippen molar-refractivity contribution in [1.29, 1.82) is 0 Å². The fourth-order valence-corrected chi connectivity index (χ4v) is 2.33. The third-order valence-electron chi connectivity index (χ3n) is 3.51. The van der Waals surface area contributed by atoms with Crippen LogP contribution in [0.25, 0.3) is 5.65 Å². The van der Waals surface area contributed by atoms with Crippen molar-refractivity contribution in [2.24, 2.45) is 10.2 Å². The molecule has 0 bridgehead atoms. The lowest BCUT2D eigenvalue weighted by Gasteiger charge is -2.01. The van der Waals surface area contributed by atoms with Crippen LogP contribution in [-0.4, -0.2) is 20.5 Å². The topological polar surface area (TPSA) is 79.3 Å². The van der Waals surface area contributed by atoms with Crippen molar-refractivity contribution in [3.8, 4) is 0 Å². The Labute approximate surface area is 133 Å². The Hall–Kier alpha value is -3.02. The lowest BCUT2D eigenvalue weighted by atomic mass is 10.1. The zero-order valence-electron chi connectivity index (χ0n) is 12.9. The number of fused-ring (bicyclic) bond motifs is 1. The van der Waals surface area contributed by atoms with Crippen LogP contribution in [0, 0.1) is 13.8 Å². The molecule has 6 nitrogen and oxygen atoms in total. The lowest BCUT2D eigenvalue weighted by Crippen LogP contribution is -2.00. The van der Waals surface area contributed by atoms with E-state index >= 15 is 0 Å². The molecule has 3 rings (SSSR count). The number of aryl methyl sites for hydroxylation is 2. The molecule has 0 unspecified atom stereocenters. The fraction of sp³-hybridized carbons (Fsp3) is 0.176. The Morgan fingerprint density at radius 3 is 2.83 bits per heavy atom. The molecule has 2 heterocycles. The number of hydrogen-bond acceptors (Lipinski definition) is 4. The molecule has 0 fully saturated rings. The average Bonchev–Trinajstić information content (AvgIpc) is 2.85. The largest absolute Gasteiger partial charge is 0.481 e. The maximum atomic E-state index is 11.0. The molecular weight excluding hydrogens is 292 g/mol. The van der Waals surface area contributed by atoms with Crippen LogP contribution in [0.1, 0.15) is 16.8 Å². The number of benzene rings is 1. The zero-order chi connectivity index (χ0) is 16.4. The molecule has 0 saturated carbocycles. The maximum Gasteiger partial charge on any atom is 0.309 e. The van der Waals surface area contributed by atoms with Crippen molar-refractivity contribution in [2.45, 2.75) is 20.3 Å². The Balaban J connectivity index is 2.09. The SMILES string of the molecule is Cc1ccc(C)c(N=Nc2c(CC(=O)O)nc3ccccn23)c1. The monoisotopic (exact) mass is 308 g/mol. The normalized spacial score (nSPS) is 11.4. The summed E-state index contributed by atoms with van der Waals surface area (Å²) >= 11 is 0. The van der Waals surface area contributed by atoms with Crippen LogP contribution in [0.2, 0.25) is 0 Å². The van der Waals surface area contributed by atoms with Crippen molar-refractivity contribution in [1.82, 2.24) is 9.38 Å². The molecular formula is C17H16N4O2. The number of carboxylic acid groups (broad SMARTS) is 1. The van der Waals surface area contributed by atoms with Gasteiger partial charge in [-0.15, -0.1) is 10.2 Å². The first-order valence-electron chi connectivity index (χ1n) is 7.21. The summed E-state index contributed by atoms with van der Waals surface area (Å²) < 4.78 is 1.74. The molecule has 0 aliphatic carbocycles. The summed E-state index contributed by atoms with van der Waals surface area (Å²) in [5.74, 6) is -0.500. The van der Waals surface area contributed by atoms with Crippen molar-refractivity contribution < 1.29 is 9.90 Å². The number of hydrogen-bond donors (Lipinski definition) is 1. The summed E-state index contributed by atoms with van der Waals surface area (Å²) in [7, 11) is 0. The number of pyridine rings is 1. The number of aliphatic carboxylic acids is 1. The Morgan fingerprint density at radius 1 is 1.22 bits per heavy atom. The summed E-state index contributed by atoms with van der Waals surface area (Å²) in [4.78, 5) is 15.4. The first kappa shape index (κ1) is 14.9. The molecule has 6 heteroatoms. The number of azo groups is 1. The summed E-state index contributed by atoms with van der Waals surface area (Å²) in [5, 5.41) is 17.6. The minimum Gasteiger partial charge on any atom is -0.481 e. The van der Waals surface area contributed by atoms with Crippen LogP contribution in [0.4, 0.5) is 11.5 Å². The molecule has 0 atom stereocenters. The van der Waals surface area contributed by atoms with Crippen molar-refractivity contribution >= 4 is 23.1 Å². The Kier molecular flexibility index (Phi) is 3.89. The molecule has 0 saturated heterocycles. The molecule has 0 radical (unpaired) electrons. The molecule has 2 aromatic heterocycles. The second kappa shape index (κ2) is 6.00. The summed E-state index contributed by atoms with van der Waals surface area (Å²) in [6.07, 6.45) is 1.61. The molecule has 23 heavy (non-hydrogen) atoms. The second-order valence-electron chi connectivity index (χ2n) is 5.37. The van der Waals surface area contributed by atoms with E-state index in [2.05, 4.69) is 15.2 Å². The van der Waals surface area contributed by atoms with Gasteiger partial charge in [0.25, 0.3) is 0 Å². The predicted octanol–water partition coefficient (Wildman–Crippen LogP) is 3.99. The van der Waals surface area contributed by atoms with Gasteiger partial charge >= 0.3 is 5.97 Å². The van der Waals surface area contributed by atoms with Gasteiger partial charge in [0.2, 0.25) is 0 Å². The molecule has 116 valence electrons. The van der Waals surface area contributed by atoms with Crippen LogP contribution in [0.3, 0.4) is 0 Å². The van der Waals surface area contributed by atoms with Gasteiger partial charge in [0, 0.05) is 6.20 Å². The predicted molar refractivity (Wildman–Crippen MR) is 86.6 cm³/mol. The van der Waals surface area contributed by atoms with E-state index in [4.69, 9.17) is 5.11 Å². The lowest BCUT2D eigenvalue weighted by molar-refractivity contribution is -0.136. The van der Waals surface area contributed by atoms with Gasteiger partial charge in [-0.1, -0.05) is 18.2 Å². The van der Waals surface area contributed by atoms with E-state index in [1.807, 2.05) is 50.2 Å². The molecule has 0 amide bonds. The van der Waals surface area contributed by atoms with E-state index in [1.54, 1.807) is 10.6 Å². The highest BCUT2D eigenvalue weighted by molar-refractivity contribution is 5.72. The number of nitrogens with zero attached hydrogens (tertiary/aromatic N) is 4. The fourth-order valence-electron chi connectivity index (χ4n) is 2.33. The average molecular weight is 308 g/mol. The van der Waals surface area contributed by atoms with E-state index in [0.29, 0.717) is 17.2 Å². The summed E-state index contributed by atoms with van der Waals surface area (Å²) in [6, 6.07) is 11.4. The quantitative estimate of drug-likeness (QED) is 0.740. The van der Waals surface area contributed by atoms with E-state index in [-0.39, 0.29) is 6.42 Å². The first-order chi connectivity index (χ1) is 11.0. The standard InChI is InChI=1S/C17H16N4O2/c1-11-6-7-12(2)13(9-11)19-20-17-14(10-16(22)23)18-15-5-3-4-8-21(15)17/h3-9H,10H2,1-2H3,(H,22,23). The van der Waals surface area contributed by atoms with Crippen LogP contribution >= 0.6 is 0 Å². The number of aromatic nitrogens is 2. The maximum absolute atomic E-state index is 11.0. The molecule has 0 aliphatic rings. The van der Waals surface area contributed by atoms with E-state index < -0.39 is 5.97 Å². The highest BCUT2D eigenvalue weighted by Gasteiger charge is 2.14. The van der Waals surface area contributed by atoms with Crippen molar-refractivity contribution in [3.05, 3.63) is 59.4 Å². The molecule has 1 aromatic carbocycles. The van der Waals surface area contributed by atoms with Gasteiger partial charge in [-0.3, -0.25) is 9.20 Å². The Morgan fingerprint density at radius 2 is 2.04 bits per heavy atom. The number of imidazole rings is 1. The minimum atomic E-state index is -0.948. The first-order valence-corrected chi connectivity index (χ1v) is 7.21.